The first-order chi connectivity index (χ1) is 21.1. The lowest BCUT2D eigenvalue weighted by atomic mass is 9.63. The number of carboxylic acids is 1. The highest BCUT2D eigenvalue weighted by Gasteiger charge is 2.56. The molecule has 1 saturated carbocycles. The first-order valence-corrected chi connectivity index (χ1v) is 15.9. The van der Waals surface area contributed by atoms with Crippen molar-refractivity contribution in [3.63, 3.8) is 0 Å². The molecule has 2 aromatic carbocycles. The minimum atomic E-state index is -1.02. The Bertz CT molecular complexity index is 1750. The number of H-pyrrole nitrogens is 1. The van der Waals surface area contributed by atoms with Crippen LogP contribution in [-0.2, 0) is 0 Å². The number of halogens is 1. The van der Waals surface area contributed by atoms with Gasteiger partial charge in [0.1, 0.15) is 22.7 Å². The van der Waals surface area contributed by atoms with E-state index in [1.165, 1.54) is 30.4 Å². The number of benzene rings is 2. The van der Waals surface area contributed by atoms with E-state index >= 15 is 0 Å². The maximum atomic E-state index is 12.1. The van der Waals surface area contributed by atoms with Crippen molar-refractivity contribution in [1.29, 1.82) is 0 Å². The van der Waals surface area contributed by atoms with Crippen LogP contribution < -0.4 is 9.64 Å². The SMILES string of the molecule is C[C@@H]1CN(c2ccc(C(=O)O)c(Oc3cnc4[nH]ccc4c3)c2)CCN1CC1=C(c2ccc(Cl)cc2)CC(C)(C)C2(CC2)C1. The fourth-order valence-electron chi connectivity index (χ4n) is 7.40. The number of carbonyl (C=O) groups is 1. The van der Waals surface area contributed by atoms with E-state index in [0.717, 1.165) is 54.3 Å². The van der Waals surface area contributed by atoms with Gasteiger partial charge in [0.05, 0.1) is 6.20 Å². The number of aromatic nitrogens is 2. The van der Waals surface area contributed by atoms with E-state index in [2.05, 4.69) is 52.7 Å². The summed E-state index contributed by atoms with van der Waals surface area (Å²) < 4.78 is 6.12. The predicted octanol–water partition coefficient (Wildman–Crippen LogP) is 8.27. The summed E-state index contributed by atoms with van der Waals surface area (Å²) in [4.78, 5) is 24.5. The molecule has 0 amide bonds. The quantitative estimate of drug-likeness (QED) is 0.219. The lowest BCUT2D eigenvalue weighted by Gasteiger charge is -2.45. The van der Waals surface area contributed by atoms with Crippen LogP contribution in [0.3, 0.4) is 0 Å². The molecule has 2 N–H and O–H groups in total. The molecule has 1 saturated heterocycles. The predicted molar refractivity (Wildman–Crippen MR) is 176 cm³/mol. The van der Waals surface area contributed by atoms with Crippen LogP contribution in [0.1, 0.15) is 62.4 Å². The third-order valence-electron chi connectivity index (χ3n) is 10.4. The van der Waals surface area contributed by atoms with Crippen LogP contribution in [0.5, 0.6) is 11.5 Å². The Labute approximate surface area is 263 Å². The molecular formula is C36H39ClN4O3. The molecule has 7 nitrogen and oxygen atoms in total. The molecule has 2 aromatic heterocycles. The number of ether oxygens (including phenoxy) is 1. The Morgan fingerprint density at radius 2 is 1.89 bits per heavy atom. The van der Waals surface area contributed by atoms with Crippen molar-refractivity contribution in [3.8, 4) is 11.5 Å². The van der Waals surface area contributed by atoms with Gasteiger partial charge < -0.3 is 19.7 Å². The van der Waals surface area contributed by atoms with E-state index in [0.29, 0.717) is 28.4 Å². The molecule has 3 aliphatic rings. The van der Waals surface area contributed by atoms with Crippen molar-refractivity contribution in [2.24, 2.45) is 10.8 Å². The lowest BCUT2D eigenvalue weighted by molar-refractivity contribution is 0.0694. The number of anilines is 1. The molecule has 7 rings (SSSR count). The lowest BCUT2D eigenvalue weighted by Crippen LogP contribution is -2.52. The van der Waals surface area contributed by atoms with E-state index in [1.807, 2.05) is 42.6 Å². The number of pyridine rings is 1. The van der Waals surface area contributed by atoms with Crippen LogP contribution in [-0.4, -0.2) is 58.2 Å². The summed E-state index contributed by atoms with van der Waals surface area (Å²) in [6.07, 6.45) is 8.36. The van der Waals surface area contributed by atoms with Gasteiger partial charge in [-0.05, 0) is 91.0 Å². The third-order valence-corrected chi connectivity index (χ3v) is 10.7. The number of carboxylic acid groups (broad SMARTS) is 1. The van der Waals surface area contributed by atoms with Gasteiger partial charge in [0.2, 0.25) is 0 Å². The Kier molecular flexibility index (Phi) is 7.21. The number of rotatable bonds is 7. The number of nitrogens with one attached hydrogen (secondary N) is 1. The van der Waals surface area contributed by atoms with Crippen LogP contribution >= 0.6 is 11.6 Å². The molecule has 1 atom stereocenters. The van der Waals surface area contributed by atoms with Crippen LogP contribution in [0, 0.1) is 10.8 Å². The van der Waals surface area contributed by atoms with Gasteiger partial charge in [0.25, 0.3) is 0 Å². The van der Waals surface area contributed by atoms with Crippen molar-refractivity contribution < 1.29 is 14.6 Å². The number of hydrogen-bond donors (Lipinski definition) is 2. The second-order valence-electron chi connectivity index (χ2n) is 13.5. The maximum Gasteiger partial charge on any atom is 0.339 e. The highest BCUT2D eigenvalue weighted by molar-refractivity contribution is 6.30. The van der Waals surface area contributed by atoms with Gasteiger partial charge >= 0.3 is 5.97 Å². The molecule has 1 aliphatic heterocycles. The Morgan fingerprint density at radius 3 is 2.61 bits per heavy atom. The third kappa shape index (κ3) is 5.37. The first-order valence-electron chi connectivity index (χ1n) is 15.6. The van der Waals surface area contributed by atoms with E-state index in [9.17, 15) is 9.90 Å². The molecule has 2 aliphatic carbocycles. The summed E-state index contributed by atoms with van der Waals surface area (Å²) >= 11 is 6.26. The smallest absolute Gasteiger partial charge is 0.339 e. The van der Waals surface area contributed by atoms with Crippen LogP contribution in [0.15, 0.2) is 72.6 Å². The van der Waals surface area contributed by atoms with Crippen molar-refractivity contribution in [3.05, 3.63) is 88.7 Å². The van der Waals surface area contributed by atoms with Gasteiger partial charge in [-0.3, -0.25) is 4.90 Å². The zero-order valence-corrected chi connectivity index (χ0v) is 26.3. The number of fused-ring (bicyclic) bond motifs is 1. The zero-order valence-electron chi connectivity index (χ0n) is 25.6. The van der Waals surface area contributed by atoms with Gasteiger partial charge in [-0.15, -0.1) is 0 Å². The number of aromatic carboxylic acids is 1. The molecule has 8 heteroatoms. The van der Waals surface area contributed by atoms with Crippen molar-refractivity contribution >= 4 is 39.9 Å². The summed E-state index contributed by atoms with van der Waals surface area (Å²) in [6.45, 7) is 10.8. The summed E-state index contributed by atoms with van der Waals surface area (Å²) in [5.41, 5.74) is 6.97. The Morgan fingerprint density at radius 1 is 1.09 bits per heavy atom. The summed E-state index contributed by atoms with van der Waals surface area (Å²) in [6, 6.07) is 17.9. The fourth-order valence-corrected chi connectivity index (χ4v) is 7.53. The average molecular weight is 611 g/mol. The number of hydrogen-bond acceptors (Lipinski definition) is 5. The molecule has 0 bridgehead atoms. The number of aromatic amines is 1. The molecule has 228 valence electrons. The number of allylic oxidation sites excluding steroid dienone is 1. The van der Waals surface area contributed by atoms with Gasteiger partial charge in [-0.1, -0.05) is 43.2 Å². The Hall–Kier alpha value is -3.81. The second-order valence-corrected chi connectivity index (χ2v) is 14.0. The number of piperazine rings is 1. The van der Waals surface area contributed by atoms with E-state index in [-0.39, 0.29) is 5.56 Å². The topological polar surface area (TPSA) is 81.7 Å². The highest BCUT2D eigenvalue weighted by Crippen LogP contribution is 2.67. The molecular weight excluding hydrogens is 572 g/mol. The van der Waals surface area contributed by atoms with Gasteiger partial charge in [-0.2, -0.15) is 0 Å². The molecule has 3 heterocycles. The van der Waals surface area contributed by atoms with E-state index in [4.69, 9.17) is 16.3 Å². The zero-order chi connectivity index (χ0) is 30.6. The molecule has 1 spiro atoms. The van der Waals surface area contributed by atoms with E-state index < -0.39 is 5.97 Å². The van der Waals surface area contributed by atoms with E-state index in [1.54, 1.807) is 17.8 Å². The Balaban J connectivity index is 1.11. The highest BCUT2D eigenvalue weighted by atomic mass is 35.5. The van der Waals surface area contributed by atoms with Crippen molar-refractivity contribution in [2.45, 2.75) is 52.5 Å². The normalized spacial score (nSPS) is 21.2. The molecule has 0 radical (unpaired) electrons. The van der Waals surface area contributed by atoms with Gasteiger partial charge in [0, 0.05) is 60.6 Å². The average Bonchev–Trinajstić information content (AvgIpc) is 3.64. The van der Waals surface area contributed by atoms with Crippen molar-refractivity contribution in [1.82, 2.24) is 14.9 Å². The minimum absolute atomic E-state index is 0.130. The summed E-state index contributed by atoms with van der Waals surface area (Å²) in [5.74, 6) is -0.197. The fraction of sp³-hybridized carbons (Fsp3) is 0.389. The summed E-state index contributed by atoms with van der Waals surface area (Å²) in [5, 5.41) is 11.6. The molecule has 0 unspecified atom stereocenters. The van der Waals surface area contributed by atoms with Crippen LogP contribution in [0.4, 0.5) is 5.69 Å². The number of nitrogens with zero attached hydrogens (tertiary/aromatic N) is 3. The molecule has 2 fully saturated rings. The standard InChI is InChI=1S/C36H39ClN4O3/c1-23-21-41(28-8-9-30(34(42)43)32(17-28)44-29-16-25-10-13-38-33(25)39-20-29)15-14-40(23)22-26-18-36(11-12-36)35(2,3)19-31(26)24-4-6-27(37)7-5-24/h4-10,13,16-17,20,23H,11-12,14-15,18-19,21-22H2,1-3H3,(H,38,39)(H,42,43)/t23-/m1/s1. The van der Waals surface area contributed by atoms with Gasteiger partial charge in [0.15, 0.2) is 0 Å². The largest absolute Gasteiger partial charge is 0.478 e. The van der Waals surface area contributed by atoms with Crippen LogP contribution in [0.2, 0.25) is 5.02 Å². The summed E-state index contributed by atoms with van der Waals surface area (Å²) in [7, 11) is 0. The second kappa shape index (κ2) is 11.0. The maximum absolute atomic E-state index is 12.1. The van der Waals surface area contributed by atoms with Crippen molar-refractivity contribution in [2.75, 3.05) is 31.1 Å². The minimum Gasteiger partial charge on any atom is -0.478 e. The monoisotopic (exact) mass is 610 g/mol. The molecule has 4 aromatic rings. The molecule has 44 heavy (non-hydrogen) atoms. The first kappa shape index (κ1) is 28.9. The van der Waals surface area contributed by atoms with Gasteiger partial charge in [-0.25, -0.2) is 9.78 Å². The van der Waals surface area contributed by atoms with Crippen LogP contribution in [0.25, 0.3) is 16.6 Å².